The van der Waals surface area contributed by atoms with Crippen LogP contribution in [0, 0.1) is 6.92 Å². The summed E-state index contributed by atoms with van der Waals surface area (Å²) >= 11 is 1.26. The van der Waals surface area contributed by atoms with Gasteiger partial charge in [0.25, 0.3) is 5.22 Å². The van der Waals surface area contributed by atoms with Crippen LogP contribution < -0.4 is 0 Å². The van der Waals surface area contributed by atoms with Crippen LogP contribution in [0.25, 0.3) is 0 Å². The fourth-order valence-corrected chi connectivity index (χ4v) is 2.97. The first-order chi connectivity index (χ1) is 11.0. The van der Waals surface area contributed by atoms with Gasteiger partial charge in [-0.2, -0.15) is 0 Å². The molecule has 0 atom stereocenters. The van der Waals surface area contributed by atoms with Gasteiger partial charge in [0.05, 0.1) is 12.3 Å². The lowest BCUT2D eigenvalue weighted by Crippen LogP contribution is -2.40. The molecule has 8 nitrogen and oxygen atoms in total. The van der Waals surface area contributed by atoms with E-state index in [2.05, 4.69) is 15.1 Å². The molecule has 23 heavy (non-hydrogen) atoms. The molecule has 128 valence electrons. The Morgan fingerprint density at radius 1 is 1.22 bits per heavy atom. The molecule has 1 aromatic heterocycles. The summed E-state index contributed by atoms with van der Waals surface area (Å²) < 4.78 is 5.25. The molecular formula is C14H23N5O3S. The van der Waals surface area contributed by atoms with E-state index < -0.39 is 0 Å². The van der Waals surface area contributed by atoms with Gasteiger partial charge >= 0.3 is 0 Å². The van der Waals surface area contributed by atoms with Crippen molar-refractivity contribution >= 4 is 23.6 Å². The molecule has 1 aromatic rings. The third-order valence-electron chi connectivity index (χ3n) is 3.63. The number of hydrogen-bond donors (Lipinski definition) is 0. The Morgan fingerprint density at radius 2 is 2.00 bits per heavy atom. The van der Waals surface area contributed by atoms with E-state index in [-0.39, 0.29) is 17.6 Å². The standard InChI is InChI=1S/C14H23N5O3S/c1-11-15-16-14(22-11)23-10-13(21)19-6-4-5-18(7-8-19)9-12(20)17(2)3/h4-10H2,1-3H3. The van der Waals surface area contributed by atoms with Crippen LogP contribution in [-0.4, -0.2) is 89.3 Å². The third-order valence-corrected chi connectivity index (χ3v) is 4.43. The molecule has 2 heterocycles. The Bertz CT molecular complexity index is 548. The van der Waals surface area contributed by atoms with E-state index in [0.717, 1.165) is 26.1 Å². The van der Waals surface area contributed by atoms with Gasteiger partial charge < -0.3 is 14.2 Å². The van der Waals surface area contributed by atoms with E-state index in [1.807, 2.05) is 4.90 Å². The Balaban J connectivity index is 1.78. The molecule has 0 spiro atoms. The van der Waals surface area contributed by atoms with Gasteiger partial charge in [-0.05, 0) is 6.42 Å². The van der Waals surface area contributed by atoms with Crippen LogP contribution in [0.5, 0.6) is 0 Å². The Labute approximate surface area is 140 Å². The minimum absolute atomic E-state index is 0.0617. The number of hydrogen-bond acceptors (Lipinski definition) is 7. The van der Waals surface area contributed by atoms with Crippen molar-refractivity contribution in [2.24, 2.45) is 0 Å². The van der Waals surface area contributed by atoms with Crippen molar-refractivity contribution < 1.29 is 14.0 Å². The van der Waals surface area contributed by atoms with E-state index in [1.165, 1.54) is 11.8 Å². The third kappa shape index (κ3) is 5.51. The van der Waals surface area contributed by atoms with Crippen molar-refractivity contribution in [1.82, 2.24) is 24.9 Å². The molecule has 1 saturated heterocycles. The highest BCUT2D eigenvalue weighted by molar-refractivity contribution is 7.99. The molecular weight excluding hydrogens is 318 g/mol. The van der Waals surface area contributed by atoms with Crippen LogP contribution in [-0.2, 0) is 9.59 Å². The lowest BCUT2D eigenvalue weighted by molar-refractivity contribution is -0.129. The Morgan fingerprint density at radius 3 is 2.65 bits per heavy atom. The predicted molar refractivity (Wildman–Crippen MR) is 86.1 cm³/mol. The van der Waals surface area contributed by atoms with E-state index >= 15 is 0 Å². The second-order valence-corrected chi connectivity index (χ2v) is 6.60. The zero-order valence-corrected chi connectivity index (χ0v) is 14.6. The van der Waals surface area contributed by atoms with Gasteiger partial charge in [-0.15, -0.1) is 10.2 Å². The summed E-state index contributed by atoms with van der Waals surface area (Å²) in [5.74, 6) is 0.938. The van der Waals surface area contributed by atoms with Crippen LogP contribution in [0.3, 0.4) is 0 Å². The molecule has 0 aliphatic carbocycles. The summed E-state index contributed by atoms with van der Waals surface area (Å²) in [7, 11) is 3.51. The number of aryl methyl sites for hydroxylation is 1. The van der Waals surface area contributed by atoms with E-state index in [0.29, 0.717) is 24.2 Å². The van der Waals surface area contributed by atoms with Gasteiger partial charge in [0.2, 0.25) is 17.7 Å². The van der Waals surface area contributed by atoms with Crippen molar-refractivity contribution in [1.29, 1.82) is 0 Å². The average molecular weight is 341 g/mol. The molecule has 9 heteroatoms. The molecule has 0 aromatic carbocycles. The van der Waals surface area contributed by atoms with Crippen LogP contribution >= 0.6 is 11.8 Å². The van der Waals surface area contributed by atoms with Gasteiger partial charge in [0.15, 0.2) is 0 Å². The first-order valence-corrected chi connectivity index (χ1v) is 8.57. The maximum absolute atomic E-state index is 12.3. The summed E-state index contributed by atoms with van der Waals surface area (Å²) in [5.41, 5.74) is 0. The summed E-state index contributed by atoms with van der Waals surface area (Å²) in [6.45, 7) is 5.04. The van der Waals surface area contributed by atoms with Gasteiger partial charge in [-0.1, -0.05) is 11.8 Å². The summed E-state index contributed by atoms with van der Waals surface area (Å²) in [5, 5.41) is 8.03. The molecule has 2 amide bonds. The number of carbonyl (C=O) groups is 2. The summed E-state index contributed by atoms with van der Waals surface area (Å²) in [4.78, 5) is 29.6. The zero-order chi connectivity index (χ0) is 16.8. The lowest BCUT2D eigenvalue weighted by atomic mass is 10.3. The van der Waals surface area contributed by atoms with Crippen LogP contribution in [0.1, 0.15) is 12.3 Å². The highest BCUT2D eigenvalue weighted by Crippen LogP contribution is 2.16. The maximum Gasteiger partial charge on any atom is 0.277 e. The highest BCUT2D eigenvalue weighted by Gasteiger charge is 2.21. The zero-order valence-electron chi connectivity index (χ0n) is 13.8. The number of rotatable bonds is 5. The predicted octanol–water partition coefficient (Wildman–Crippen LogP) is 0.0926. The monoisotopic (exact) mass is 341 g/mol. The van der Waals surface area contributed by atoms with E-state index in [1.54, 1.807) is 25.9 Å². The van der Waals surface area contributed by atoms with Crippen molar-refractivity contribution in [3.05, 3.63) is 5.89 Å². The molecule has 1 fully saturated rings. The Kier molecular flexibility index (Phi) is 6.40. The van der Waals surface area contributed by atoms with Crippen molar-refractivity contribution in [2.75, 3.05) is 52.6 Å². The Hall–Kier alpha value is -1.61. The normalized spacial score (nSPS) is 16.2. The number of amides is 2. The molecule has 0 saturated carbocycles. The van der Waals surface area contributed by atoms with Gasteiger partial charge in [-0.25, -0.2) is 0 Å². The maximum atomic E-state index is 12.3. The highest BCUT2D eigenvalue weighted by atomic mass is 32.2. The number of aromatic nitrogens is 2. The van der Waals surface area contributed by atoms with E-state index in [4.69, 9.17) is 4.42 Å². The van der Waals surface area contributed by atoms with Crippen molar-refractivity contribution in [3.8, 4) is 0 Å². The van der Waals surface area contributed by atoms with Crippen LogP contribution in [0.15, 0.2) is 9.64 Å². The SMILES string of the molecule is Cc1nnc(SCC(=O)N2CCCN(CC(=O)N(C)C)CC2)o1. The van der Waals surface area contributed by atoms with Gasteiger partial charge in [0.1, 0.15) is 0 Å². The van der Waals surface area contributed by atoms with Crippen molar-refractivity contribution in [2.45, 2.75) is 18.6 Å². The molecule has 0 radical (unpaired) electrons. The first-order valence-electron chi connectivity index (χ1n) is 7.59. The summed E-state index contributed by atoms with van der Waals surface area (Å²) in [6, 6.07) is 0. The largest absolute Gasteiger partial charge is 0.416 e. The topological polar surface area (TPSA) is 82.8 Å². The number of likely N-dealkylation sites (N-methyl/N-ethyl adjacent to an activating group) is 1. The summed E-state index contributed by atoms with van der Waals surface area (Å²) in [6.07, 6.45) is 0.872. The lowest BCUT2D eigenvalue weighted by Gasteiger charge is -2.22. The molecule has 0 bridgehead atoms. The number of nitrogens with zero attached hydrogens (tertiary/aromatic N) is 5. The van der Waals surface area contributed by atoms with Crippen LogP contribution in [0.2, 0.25) is 0 Å². The first kappa shape index (κ1) is 17.7. The van der Waals surface area contributed by atoms with Crippen LogP contribution in [0.4, 0.5) is 0 Å². The second kappa shape index (κ2) is 8.30. The van der Waals surface area contributed by atoms with Crippen molar-refractivity contribution in [3.63, 3.8) is 0 Å². The number of thioether (sulfide) groups is 1. The number of carbonyl (C=O) groups excluding carboxylic acids is 2. The fraction of sp³-hybridized carbons (Fsp3) is 0.714. The van der Waals surface area contributed by atoms with E-state index in [9.17, 15) is 9.59 Å². The molecule has 0 N–H and O–H groups in total. The fourth-order valence-electron chi connectivity index (χ4n) is 2.26. The minimum atomic E-state index is 0.0617. The molecule has 2 rings (SSSR count). The minimum Gasteiger partial charge on any atom is -0.416 e. The molecule has 1 aliphatic heterocycles. The smallest absolute Gasteiger partial charge is 0.277 e. The quantitative estimate of drug-likeness (QED) is 0.702. The molecule has 1 aliphatic rings. The van der Waals surface area contributed by atoms with Gasteiger partial charge in [-0.3, -0.25) is 14.5 Å². The molecule has 0 unspecified atom stereocenters. The average Bonchev–Trinajstić information content (AvgIpc) is 2.78. The second-order valence-electron chi connectivity index (χ2n) is 5.67. The van der Waals surface area contributed by atoms with Gasteiger partial charge in [0, 0.05) is 47.2 Å².